The minimum Gasteiger partial charge on any atom is -0.353 e. The van der Waals surface area contributed by atoms with Gasteiger partial charge >= 0.3 is 0 Å². The molecular formula is C14H18FN3. The summed E-state index contributed by atoms with van der Waals surface area (Å²) in [5, 5.41) is 3.46. The van der Waals surface area contributed by atoms with Crippen LogP contribution in [0.25, 0.3) is 0 Å². The topological polar surface area (TPSA) is 27.6 Å². The number of hydrogen-bond donors (Lipinski definition) is 1. The molecule has 18 heavy (non-hydrogen) atoms. The van der Waals surface area contributed by atoms with Crippen molar-refractivity contribution in [3.8, 4) is 0 Å². The van der Waals surface area contributed by atoms with Crippen LogP contribution in [0.2, 0.25) is 0 Å². The van der Waals surface area contributed by atoms with E-state index in [1.165, 1.54) is 6.07 Å². The second kappa shape index (κ2) is 4.59. The fraction of sp³-hybridized carbons (Fsp3) is 0.500. The lowest BCUT2D eigenvalue weighted by Gasteiger charge is -2.37. The molecule has 1 fully saturated rings. The van der Waals surface area contributed by atoms with Crippen molar-refractivity contribution in [1.29, 1.82) is 0 Å². The molecule has 0 atom stereocenters. The molecule has 0 spiro atoms. The second-order valence-corrected chi connectivity index (χ2v) is 5.19. The van der Waals surface area contributed by atoms with Gasteiger partial charge in [0.2, 0.25) is 0 Å². The molecule has 1 aromatic rings. The maximum absolute atomic E-state index is 13.1. The number of nitrogens with zero attached hydrogens (tertiary/aromatic N) is 2. The molecule has 3 rings (SSSR count). The summed E-state index contributed by atoms with van der Waals surface area (Å²) in [7, 11) is 2.06. The summed E-state index contributed by atoms with van der Waals surface area (Å²) in [5.41, 5.74) is 1.12. The molecule has 3 nitrogen and oxygen atoms in total. The van der Waals surface area contributed by atoms with Crippen molar-refractivity contribution in [3.05, 3.63) is 35.6 Å². The minimum absolute atomic E-state index is 0.135. The van der Waals surface area contributed by atoms with Gasteiger partial charge in [0.15, 0.2) is 5.96 Å². The Morgan fingerprint density at radius 1 is 1.39 bits per heavy atom. The Morgan fingerprint density at radius 3 is 2.89 bits per heavy atom. The summed E-state index contributed by atoms with van der Waals surface area (Å²) in [6.45, 7) is 1.89. The molecule has 0 saturated heterocycles. The van der Waals surface area contributed by atoms with Crippen LogP contribution in [0, 0.1) is 5.82 Å². The highest BCUT2D eigenvalue weighted by molar-refractivity contribution is 5.81. The van der Waals surface area contributed by atoms with Crippen molar-refractivity contribution in [2.75, 3.05) is 20.1 Å². The lowest BCUT2D eigenvalue weighted by Crippen LogP contribution is -2.47. The zero-order valence-electron chi connectivity index (χ0n) is 10.6. The van der Waals surface area contributed by atoms with Crippen LogP contribution in [-0.2, 0) is 0 Å². The highest BCUT2D eigenvalue weighted by Crippen LogP contribution is 2.37. The van der Waals surface area contributed by atoms with Crippen LogP contribution in [0.3, 0.4) is 0 Å². The lowest BCUT2D eigenvalue weighted by molar-refractivity contribution is 0.315. The van der Waals surface area contributed by atoms with Gasteiger partial charge in [0.05, 0.1) is 6.54 Å². The average molecular weight is 247 g/mol. The van der Waals surface area contributed by atoms with E-state index in [1.54, 1.807) is 12.1 Å². The number of likely N-dealkylation sites (N-methyl/N-ethyl adjacent to an activating group) is 1. The third-order valence-electron chi connectivity index (χ3n) is 3.85. The van der Waals surface area contributed by atoms with Crippen LogP contribution in [-0.4, -0.2) is 37.0 Å². The maximum Gasteiger partial charge on any atom is 0.194 e. The number of benzene rings is 1. The fourth-order valence-corrected chi connectivity index (χ4v) is 2.64. The predicted molar refractivity (Wildman–Crippen MR) is 70.2 cm³/mol. The maximum atomic E-state index is 13.1. The summed E-state index contributed by atoms with van der Waals surface area (Å²) in [6.07, 6.45) is 2.13. The van der Waals surface area contributed by atoms with Gasteiger partial charge in [-0.2, -0.15) is 0 Å². The molecule has 2 aliphatic rings. The Kier molecular flexibility index (Phi) is 2.94. The molecule has 4 heteroatoms. The summed E-state index contributed by atoms with van der Waals surface area (Å²) in [4.78, 5) is 6.57. The Hall–Kier alpha value is -1.58. The van der Waals surface area contributed by atoms with E-state index < -0.39 is 0 Å². The Balaban J connectivity index is 1.54. The van der Waals surface area contributed by atoms with Gasteiger partial charge in [-0.25, -0.2) is 4.39 Å². The number of guanidine groups is 1. The van der Waals surface area contributed by atoms with Gasteiger partial charge in [0.25, 0.3) is 0 Å². The normalized spacial score (nSPS) is 26.8. The van der Waals surface area contributed by atoms with E-state index >= 15 is 0 Å². The number of hydrogen-bond acceptors (Lipinski definition) is 3. The molecular weight excluding hydrogens is 229 g/mol. The Morgan fingerprint density at radius 2 is 2.22 bits per heavy atom. The molecule has 1 aromatic carbocycles. The van der Waals surface area contributed by atoms with E-state index in [4.69, 9.17) is 0 Å². The SMILES string of the molecule is CN1CCN=C1NC1CC(c2cccc(F)c2)C1. The van der Waals surface area contributed by atoms with Crippen molar-refractivity contribution >= 4 is 5.96 Å². The Labute approximate surface area is 107 Å². The molecule has 1 heterocycles. The first-order chi connectivity index (χ1) is 8.72. The van der Waals surface area contributed by atoms with Crippen molar-refractivity contribution < 1.29 is 4.39 Å². The zero-order valence-corrected chi connectivity index (χ0v) is 10.6. The van der Waals surface area contributed by atoms with E-state index in [-0.39, 0.29) is 5.82 Å². The molecule has 1 saturated carbocycles. The largest absolute Gasteiger partial charge is 0.353 e. The van der Waals surface area contributed by atoms with Crippen LogP contribution in [0.4, 0.5) is 4.39 Å². The van der Waals surface area contributed by atoms with Gasteiger partial charge in [-0.1, -0.05) is 12.1 Å². The van der Waals surface area contributed by atoms with E-state index in [2.05, 4.69) is 22.3 Å². The van der Waals surface area contributed by atoms with E-state index in [0.29, 0.717) is 12.0 Å². The molecule has 96 valence electrons. The van der Waals surface area contributed by atoms with E-state index in [1.807, 2.05) is 6.07 Å². The van der Waals surface area contributed by atoms with Crippen LogP contribution in [0.1, 0.15) is 24.3 Å². The monoisotopic (exact) mass is 247 g/mol. The van der Waals surface area contributed by atoms with Crippen LogP contribution in [0.15, 0.2) is 29.3 Å². The molecule has 1 N–H and O–H groups in total. The van der Waals surface area contributed by atoms with Gasteiger partial charge in [-0.3, -0.25) is 4.99 Å². The first-order valence-corrected chi connectivity index (χ1v) is 6.50. The van der Waals surface area contributed by atoms with Gasteiger partial charge in [0.1, 0.15) is 5.82 Å². The molecule has 1 aliphatic carbocycles. The standard InChI is InChI=1S/C14H18FN3/c1-18-6-5-16-14(18)17-13-8-11(9-13)10-3-2-4-12(15)7-10/h2-4,7,11,13H,5-6,8-9H2,1H3,(H,16,17). The minimum atomic E-state index is -0.135. The van der Waals surface area contributed by atoms with Crippen molar-refractivity contribution in [3.63, 3.8) is 0 Å². The summed E-state index contributed by atoms with van der Waals surface area (Å²) in [6, 6.07) is 7.45. The molecule has 0 aromatic heterocycles. The molecule has 0 amide bonds. The summed E-state index contributed by atoms with van der Waals surface area (Å²) < 4.78 is 13.1. The molecule has 0 bridgehead atoms. The van der Waals surface area contributed by atoms with E-state index in [0.717, 1.165) is 37.5 Å². The third kappa shape index (κ3) is 2.19. The highest BCUT2D eigenvalue weighted by Gasteiger charge is 2.32. The summed E-state index contributed by atoms with van der Waals surface area (Å²) in [5.74, 6) is 1.37. The number of nitrogens with one attached hydrogen (secondary N) is 1. The van der Waals surface area contributed by atoms with Gasteiger partial charge in [0, 0.05) is 19.6 Å². The van der Waals surface area contributed by atoms with Gasteiger partial charge in [-0.15, -0.1) is 0 Å². The molecule has 0 radical (unpaired) electrons. The fourth-order valence-electron chi connectivity index (χ4n) is 2.64. The molecule has 1 aliphatic heterocycles. The number of aliphatic imine (C=N–C) groups is 1. The quantitative estimate of drug-likeness (QED) is 0.865. The highest BCUT2D eigenvalue weighted by atomic mass is 19.1. The van der Waals surface area contributed by atoms with E-state index in [9.17, 15) is 4.39 Å². The third-order valence-corrected chi connectivity index (χ3v) is 3.85. The van der Waals surface area contributed by atoms with Crippen LogP contribution < -0.4 is 5.32 Å². The van der Waals surface area contributed by atoms with Crippen molar-refractivity contribution in [2.24, 2.45) is 4.99 Å². The lowest BCUT2D eigenvalue weighted by atomic mass is 9.76. The van der Waals surface area contributed by atoms with Crippen LogP contribution >= 0.6 is 0 Å². The Bertz CT molecular complexity index is 466. The van der Waals surface area contributed by atoms with Gasteiger partial charge < -0.3 is 10.2 Å². The number of rotatable bonds is 2. The van der Waals surface area contributed by atoms with Crippen molar-refractivity contribution in [2.45, 2.75) is 24.8 Å². The smallest absolute Gasteiger partial charge is 0.194 e. The average Bonchev–Trinajstić information content (AvgIpc) is 2.69. The number of halogens is 1. The first kappa shape index (κ1) is 11.5. The summed E-state index contributed by atoms with van der Waals surface area (Å²) >= 11 is 0. The molecule has 0 unspecified atom stereocenters. The van der Waals surface area contributed by atoms with Gasteiger partial charge in [-0.05, 0) is 36.5 Å². The van der Waals surface area contributed by atoms with Crippen LogP contribution in [0.5, 0.6) is 0 Å². The second-order valence-electron chi connectivity index (χ2n) is 5.19. The van der Waals surface area contributed by atoms with Crippen molar-refractivity contribution in [1.82, 2.24) is 10.2 Å². The zero-order chi connectivity index (χ0) is 12.5. The predicted octanol–water partition coefficient (Wildman–Crippen LogP) is 1.96. The first-order valence-electron chi connectivity index (χ1n) is 6.50.